The Bertz CT molecular complexity index is 430. The summed E-state index contributed by atoms with van der Waals surface area (Å²) < 4.78 is 0. The lowest BCUT2D eigenvalue weighted by Gasteiger charge is -2.41. The molecule has 2 heterocycles. The topological polar surface area (TPSA) is 39.6 Å². The van der Waals surface area contributed by atoms with E-state index in [2.05, 4.69) is 16.5 Å². The summed E-state index contributed by atoms with van der Waals surface area (Å²) in [5.41, 5.74) is 1.32. The van der Waals surface area contributed by atoms with Crippen molar-refractivity contribution in [2.24, 2.45) is 0 Å². The van der Waals surface area contributed by atoms with Gasteiger partial charge in [0.2, 0.25) is 0 Å². The van der Waals surface area contributed by atoms with Crippen LogP contribution in [0.2, 0.25) is 0 Å². The van der Waals surface area contributed by atoms with Crippen LogP contribution in [0.15, 0.2) is 24.9 Å². The Hall–Kier alpha value is -1.39. The zero-order valence-electron chi connectivity index (χ0n) is 11.8. The molecule has 1 aliphatic heterocycles. The van der Waals surface area contributed by atoms with E-state index in [4.69, 9.17) is 0 Å². The van der Waals surface area contributed by atoms with E-state index in [-0.39, 0.29) is 0 Å². The summed E-state index contributed by atoms with van der Waals surface area (Å²) in [6.45, 7) is 6.05. The number of likely N-dealkylation sites (N-methyl/N-ethyl adjacent to an activating group) is 1. The molecule has 4 heteroatoms. The van der Waals surface area contributed by atoms with Crippen molar-refractivity contribution in [2.45, 2.75) is 18.4 Å². The van der Waals surface area contributed by atoms with Gasteiger partial charge in [0.05, 0.1) is 23.2 Å². The second kappa shape index (κ2) is 5.72. The first kappa shape index (κ1) is 14.0. The maximum absolute atomic E-state index is 10.7. The van der Waals surface area contributed by atoms with Crippen LogP contribution < -0.4 is 4.90 Å². The molecule has 1 fully saturated rings. The number of nitrogens with zero attached hydrogens (tertiary/aromatic N) is 3. The number of hydrogen-bond acceptors (Lipinski definition) is 4. The lowest BCUT2D eigenvalue weighted by Crippen LogP contribution is -2.53. The lowest BCUT2D eigenvalue weighted by molar-refractivity contribution is 0.00369. The normalized spacial score (nSPS) is 23.7. The van der Waals surface area contributed by atoms with Gasteiger partial charge in [-0.05, 0) is 45.1 Å². The molecule has 4 nitrogen and oxygen atoms in total. The molecule has 1 aromatic rings. The molecule has 0 saturated carbocycles. The van der Waals surface area contributed by atoms with Crippen molar-refractivity contribution < 1.29 is 5.11 Å². The fourth-order valence-corrected chi connectivity index (χ4v) is 2.76. The minimum absolute atomic E-state index is 0.626. The highest BCUT2D eigenvalue weighted by molar-refractivity contribution is 5.50. The molecule has 104 valence electrons. The summed E-state index contributed by atoms with van der Waals surface area (Å²) >= 11 is 0. The zero-order chi connectivity index (χ0) is 13.9. The maximum Gasteiger partial charge on any atom is 0.0948 e. The molecule has 1 N–H and O–H groups in total. The number of aliphatic hydroxyl groups is 1. The van der Waals surface area contributed by atoms with Gasteiger partial charge < -0.3 is 14.9 Å². The van der Waals surface area contributed by atoms with E-state index in [1.54, 1.807) is 6.08 Å². The largest absolute Gasteiger partial charge is 0.387 e. The second-order valence-corrected chi connectivity index (χ2v) is 5.63. The van der Waals surface area contributed by atoms with E-state index in [0.717, 1.165) is 30.8 Å². The van der Waals surface area contributed by atoms with E-state index >= 15 is 0 Å². The fraction of sp³-hybridized carbons (Fsp3) is 0.533. The first-order valence-corrected chi connectivity index (χ1v) is 6.73. The molecule has 1 aliphatic rings. The van der Waals surface area contributed by atoms with Crippen molar-refractivity contribution in [3.05, 3.63) is 30.6 Å². The number of hydrogen-bond donors (Lipinski definition) is 1. The third-order valence-corrected chi connectivity index (χ3v) is 3.51. The van der Waals surface area contributed by atoms with Crippen LogP contribution >= 0.6 is 0 Å². The monoisotopic (exact) mass is 261 g/mol. The van der Waals surface area contributed by atoms with Gasteiger partial charge in [0, 0.05) is 19.6 Å². The fourth-order valence-electron chi connectivity index (χ4n) is 2.76. The summed E-state index contributed by atoms with van der Waals surface area (Å²) in [5.74, 6) is 0. The van der Waals surface area contributed by atoms with Gasteiger partial charge >= 0.3 is 0 Å². The van der Waals surface area contributed by atoms with E-state index in [1.165, 1.54) is 0 Å². The quantitative estimate of drug-likeness (QED) is 0.894. The Kier molecular flexibility index (Phi) is 4.22. The smallest absolute Gasteiger partial charge is 0.0948 e. The number of β-amino-alcohol motifs (C(OH)–C–C–N with tert-alkyl or cyclic N) is 1. The van der Waals surface area contributed by atoms with Crippen molar-refractivity contribution in [3.63, 3.8) is 0 Å². The molecule has 1 aromatic heterocycles. The van der Waals surface area contributed by atoms with Crippen LogP contribution in [0.3, 0.4) is 0 Å². The van der Waals surface area contributed by atoms with Gasteiger partial charge in [0.25, 0.3) is 0 Å². The Labute approximate surface area is 115 Å². The van der Waals surface area contributed by atoms with Crippen molar-refractivity contribution in [1.29, 1.82) is 0 Å². The van der Waals surface area contributed by atoms with Crippen molar-refractivity contribution >= 4 is 11.8 Å². The summed E-state index contributed by atoms with van der Waals surface area (Å²) in [7, 11) is 3.99. The van der Waals surface area contributed by atoms with Crippen LogP contribution in [-0.4, -0.2) is 54.3 Å². The Morgan fingerprint density at radius 1 is 1.53 bits per heavy atom. The number of rotatable bonds is 4. The molecule has 0 amide bonds. The molecule has 0 radical (unpaired) electrons. The first-order chi connectivity index (χ1) is 9.02. The number of anilines is 1. The van der Waals surface area contributed by atoms with Crippen LogP contribution in [-0.2, 0) is 0 Å². The van der Waals surface area contributed by atoms with Gasteiger partial charge in [-0.25, -0.2) is 0 Å². The molecule has 0 spiro atoms. The maximum atomic E-state index is 10.7. The Balaban J connectivity index is 2.09. The standard InChI is InChI=1S/C15H23N3O/c1-4-13-6-7-14(10-16-13)18-9-5-8-15(19,12-18)11-17(2)3/h4,6-7,10,19H,1,5,8-9,11-12H2,2-3H3/t15-/m0/s1. The predicted octanol–water partition coefficient (Wildman–Crippen LogP) is 1.62. The molecule has 0 bridgehead atoms. The van der Waals surface area contributed by atoms with Gasteiger partial charge in [-0.3, -0.25) is 4.98 Å². The SMILES string of the molecule is C=Cc1ccc(N2CCC[C@](O)(CN(C)C)C2)cn1. The lowest BCUT2D eigenvalue weighted by atomic mass is 9.92. The number of aromatic nitrogens is 1. The van der Waals surface area contributed by atoms with E-state index in [1.807, 2.05) is 37.3 Å². The highest BCUT2D eigenvalue weighted by Gasteiger charge is 2.33. The molecule has 19 heavy (non-hydrogen) atoms. The number of piperidine rings is 1. The van der Waals surface area contributed by atoms with Gasteiger partial charge in [-0.1, -0.05) is 6.58 Å². The Morgan fingerprint density at radius 3 is 2.89 bits per heavy atom. The second-order valence-electron chi connectivity index (χ2n) is 5.63. The third-order valence-electron chi connectivity index (χ3n) is 3.51. The van der Waals surface area contributed by atoms with Crippen LogP contribution in [0.4, 0.5) is 5.69 Å². The molecule has 1 atom stereocenters. The van der Waals surface area contributed by atoms with Crippen LogP contribution in [0.25, 0.3) is 6.08 Å². The number of pyridine rings is 1. The third kappa shape index (κ3) is 3.55. The predicted molar refractivity (Wildman–Crippen MR) is 79.3 cm³/mol. The van der Waals surface area contributed by atoms with E-state index in [9.17, 15) is 5.11 Å². The highest BCUT2D eigenvalue weighted by Crippen LogP contribution is 2.26. The average Bonchev–Trinajstić information content (AvgIpc) is 2.37. The van der Waals surface area contributed by atoms with Gasteiger partial charge in [0.1, 0.15) is 0 Å². The summed E-state index contributed by atoms with van der Waals surface area (Å²) in [5, 5.41) is 10.7. The van der Waals surface area contributed by atoms with Crippen molar-refractivity contribution in [1.82, 2.24) is 9.88 Å². The van der Waals surface area contributed by atoms with Gasteiger partial charge in [0.15, 0.2) is 0 Å². The van der Waals surface area contributed by atoms with Gasteiger partial charge in [-0.2, -0.15) is 0 Å². The first-order valence-electron chi connectivity index (χ1n) is 6.73. The zero-order valence-corrected chi connectivity index (χ0v) is 11.8. The van der Waals surface area contributed by atoms with Crippen LogP contribution in [0, 0.1) is 0 Å². The molecule has 1 saturated heterocycles. The van der Waals surface area contributed by atoms with Crippen LogP contribution in [0.1, 0.15) is 18.5 Å². The summed E-state index contributed by atoms with van der Waals surface area (Å²) in [6, 6.07) is 4.01. The highest BCUT2D eigenvalue weighted by atomic mass is 16.3. The molecule has 2 rings (SSSR count). The molecule has 0 aromatic carbocycles. The van der Waals surface area contributed by atoms with Gasteiger partial charge in [-0.15, -0.1) is 0 Å². The van der Waals surface area contributed by atoms with E-state index in [0.29, 0.717) is 13.1 Å². The minimum Gasteiger partial charge on any atom is -0.387 e. The average molecular weight is 261 g/mol. The molecule has 0 aliphatic carbocycles. The summed E-state index contributed by atoms with van der Waals surface area (Å²) in [4.78, 5) is 8.59. The molecular formula is C15H23N3O. The summed E-state index contributed by atoms with van der Waals surface area (Å²) in [6.07, 6.45) is 5.47. The molecular weight excluding hydrogens is 238 g/mol. The Morgan fingerprint density at radius 2 is 2.32 bits per heavy atom. The van der Waals surface area contributed by atoms with Crippen molar-refractivity contribution in [2.75, 3.05) is 38.6 Å². The van der Waals surface area contributed by atoms with E-state index < -0.39 is 5.60 Å². The van der Waals surface area contributed by atoms with Crippen LogP contribution in [0.5, 0.6) is 0 Å². The molecule has 0 unspecified atom stereocenters. The minimum atomic E-state index is -0.626. The van der Waals surface area contributed by atoms with Crippen molar-refractivity contribution in [3.8, 4) is 0 Å².